The molecule has 4 aliphatic carbocycles. The van der Waals surface area contributed by atoms with Crippen LogP contribution in [0.1, 0.15) is 50.4 Å². The van der Waals surface area contributed by atoms with Gasteiger partial charge in [-0.2, -0.15) is 0 Å². The van der Waals surface area contributed by atoms with Gasteiger partial charge in [0.15, 0.2) is 5.78 Å². The van der Waals surface area contributed by atoms with Gasteiger partial charge in [0.1, 0.15) is 23.4 Å². The zero-order valence-corrected chi connectivity index (χ0v) is 20.6. The Hall–Kier alpha value is -1.88. The molecular weight excluding hydrogens is 468 g/mol. The number of ketones is 1. The topological polar surface area (TPSA) is 154 Å². The first kappa shape index (κ1) is 24.5. The van der Waals surface area contributed by atoms with Crippen LogP contribution in [-0.4, -0.2) is 85.6 Å². The molecule has 1 aliphatic heterocycles. The fourth-order valence-corrected chi connectivity index (χ4v) is 8.63. The maximum atomic E-state index is 14.1. The number of hydrogen-bond acceptors (Lipinski definition) is 9. The normalized spacial score (nSPS) is 55.1. The van der Waals surface area contributed by atoms with E-state index in [1.54, 1.807) is 44.2 Å². The van der Waals surface area contributed by atoms with E-state index in [9.17, 15) is 35.1 Å². The van der Waals surface area contributed by atoms with E-state index in [0.717, 1.165) is 0 Å². The third-order valence-electron chi connectivity index (χ3n) is 11.1. The second-order valence-corrected chi connectivity index (χ2v) is 12.3. The molecule has 12 atom stereocenters. The molecule has 9 nitrogen and oxygen atoms in total. The molecule has 0 spiro atoms. The van der Waals surface area contributed by atoms with E-state index in [4.69, 9.17) is 9.47 Å². The van der Waals surface area contributed by atoms with Crippen molar-refractivity contribution >= 4 is 11.8 Å². The Morgan fingerprint density at radius 2 is 1.78 bits per heavy atom. The van der Waals surface area contributed by atoms with Gasteiger partial charge in [0.05, 0.1) is 35.9 Å². The number of esters is 1. The molecule has 3 unspecified atom stereocenters. The highest BCUT2D eigenvalue weighted by Gasteiger charge is 2.87. The van der Waals surface area contributed by atoms with Crippen LogP contribution in [-0.2, 0) is 14.3 Å². The first-order chi connectivity index (χ1) is 16.8. The monoisotopic (exact) mass is 502 g/mol. The first-order valence-corrected chi connectivity index (χ1v) is 12.7. The average Bonchev–Trinajstić information content (AvgIpc) is 3.51. The van der Waals surface area contributed by atoms with Gasteiger partial charge in [-0.1, -0.05) is 32.0 Å². The van der Waals surface area contributed by atoms with Gasteiger partial charge in [-0.15, -0.1) is 0 Å². The molecule has 0 radical (unpaired) electrons. The number of fused-ring (bicyclic) bond motifs is 3. The minimum Gasteiger partial charge on any atom is -0.455 e. The first-order valence-electron chi connectivity index (χ1n) is 12.7. The molecule has 1 aromatic rings. The van der Waals surface area contributed by atoms with Crippen molar-refractivity contribution in [3.05, 3.63) is 35.9 Å². The van der Waals surface area contributed by atoms with Crippen molar-refractivity contribution in [3.63, 3.8) is 0 Å². The van der Waals surface area contributed by atoms with E-state index in [-0.39, 0.29) is 31.4 Å². The summed E-state index contributed by atoms with van der Waals surface area (Å²) in [7, 11) is 0. The van der Waals surface area contributed by atoms with Gasteiger partial charge in [-0.05, 0) is 31.4 Å². The molecule has 2 bridgehead atoms. The van der Waals surface area contributed by atoms with Gasteiger partial charge in [-0.25, -0.2) is 4.79 Å². The van der Waals surface area contributed by atoms with Gasteiger partial charge >= 0.3 is 5.97 Å². The summed E-state index contributed by atoms with van der Waals surface area (Å²) >= 11 is 0. The van der Waals surface area contributed by atoms with Crippen molar-refractivity contribution in [2.45, 2.75) is 81.8 Å². The van der Waals surface area contributed by atoms with E-state index < -0.39 is 81.6 Å². The van der Waals surface area contributed by atoms with Crippen LogP contribution in [0.15, 0.2) is 30.3 Å². The standard InChI is InChI=1S/C27H34O9/c1-13-15(28)10-27(34)21(36-22(32)14-7-5-4-6-8-14)18-24(3,16(29)9-17-26(18,33)12-35-17)19(30)20(31)25(13)11-23(25,27)2/h4-8,13,15-18,20-21,28-29,31,33-34H,9-12H2,1-3H3/t13?,15-,16-,17+,18-,20-,21-,23?,24+,25?,26-,27+/m0/s1. The summed E-state index contributed by atoms with van der Waals surface area (Å²) in [6.45, 7) is 4.80. The molecule has 9 heteroatoms. The maximum absolute atomic E-state index is 14.1. The predicted octanol–water partition coefficient (Wildman–Crippen LogP) is 0.201. The van der Waals surface area contributed by atoms with E-state index in [1.807, 2.05) is 0 Å². The lowest BCUT2D eigenvalue weighted by molar-refractivity contribution is -0.347. The molecule has 6 rings (SSSR count). The Bertz CT molecular complexity index is 1130. The molecule has 0 amide bonds. The lowest BCUT2D eigenvalue weighted by atomic mass is 9.45. The predicted molar refractivity (Wildman–Crippen MR) is 123 cm³/mol. The number of carbonyl (C=O) groups is 2. The summed E-state index contributed by atoms with van der Waals surface area (Å²) in [5, 5.41) is 58.3. The minimum absolute atomic E-state index is 0.0395. The SMILES string of the molecule is CC1[C@@H](O)C[C@@]2(O)[C@@H](OC(=O)c3ccccc3)[C@@H]3[C@]4(O)CO[C@@H]4C[C@H](O)[C@@]3(C)C(=O)[C@H](O)C13CC32C. The van der Waals surface area contributed by atoms with Crippen LogP contribution >= 0.6 is 0 Å². The van der Waals surface area contributed by atoms with Gasteiger partial charge < -0.3 is 35.0 Å². The van der Waals surface area contributed by atoms with E-state index in [0.29, 0.717) is 0 Å². The van der Waals surface area contributed by atoms with Crippen LogP contribution in [0.3, 0.4) is 0 Å². The lowest BCUT2D eigenvalue weighted by Gasteiger charge is -2.66. The third-order valence-corrected chi connectivity index (χ3v) is 11.1. The number of ether oxygens (including phenoxy) is 2. The summed E-state index contributed by atoms with van der Waals surface area (Å²) < 4.78 is 11.6. The molecule has 1 aromatic carbocycles. The van der Waals surface area contributed by atoms with Crippen LogP contribution in [0, 0.1) is 28.1 Å². The number of hydrogen-bond donors (Lipinski definition) is 5. The molecule has 196 valence electrons. The van der Waals surface area contributed by atoms with Gasteiger partial charge in [0.2, 0.25) is 0 Å². The molecule has 5 N–H and O–H groups in total. The maximum Gasteiger partial charge on any atom is 0.338 e. The summed E-state index contributed by atoms with van der Waals surface area (Å²) in [6.07, 6.45) is -6.30. The highest BCUT2D eigenvalue weighted by molar-refractivity contribution is 5.92. The molecule has 1 saturated heterocycles. The van der Waals surface area contributed by atoms with Crippen molar-refractivity contribution in [1.82, 2.24) is 0 Å². The zero-order chi connectivity index (χ0) is 26.1. The lowest BCUT2D eigenvalue weighted by Crippen LogP contribution is -2.81. The van der Waals surface area contributed by atoms with Gasteiger partial charge in [-0.3, -0.25) is 4.79 Å². The number of aliphatic hydroxyl groups excluding tert-OH is 3. The summed E-state index contributed by atoms with van der Waals surface area (Å²) in [6, 6.07) is 8.20. The largest absolute Gasteiger partial charge is 0.455 e. The fraction of sp³-hybridized carbons (Fsp3) is 0.704. The van der Waals surface area contributed by atoms with Crippen molar-refractivity contribution in [2.75, 3.05) is 6.61 Å². The Balaban J connectivity index is 1.58. The van der Waals surface area contributed by atoms with E-state index >= 15 is 0 Å². The van der Waals surface area contributed by atoms with Crippen LogP contribution in [0.25, 0.3) is 0 Å². The molecule has 5 aliphatic rings. The Labute approximate surface area is 209 Å². The Morgan fingerprint density at radius 1 is 1.11 bits per heavy atom. The molecule has 36 heavy (non-hydrogen) atoms. The minimum atomic E-state index is -1.90. The van der Waals surface area contributed by atoms with Gasteiger partial charge in [0.25, 0.3) is 0 Å². The molecule has 5 fully saturated rings. The van der Waals surface area contributed by atoms with Crippen LogP contribution in [0.5, 0.6) is 0 Å². The van der Waals surface area contributed by atoms with Crippen LogP contribution in [0.2, 0.25) is 0 Å². The molecule has 0 aromatic heterocycles. The van der Waals surface area contributed by atoms with Crippen molar-refractivity contribution in [1.29, 1.82) is 0 Å². The number of benzene rings is 1. The highest BCUT2D eigenvalue weighted by Crippen LogP contribution is 2.81. The number of aliphatic hydroxyl groups is 5. The fourth-order valence-electron chi connectivity index (χ4n) is 8.63. The van der Waals surface area contributed by atoms with E-state index in [2.05, 4.69) is 0 Å². The molecular formula is C27H34O9. The number of carbonyl (C=O) groups excluding carboxylic acids is 2. The van der Waals surface area contributed by atoms with Crippen molar-refractivity contribution in [3.8, 4) is 0 Å². The number of Topliss-reactive ketones (excluding diaryl/α,β-unsaturated/α-hetero) is 1. The number of rotatable bonds is 2. The summed E-state index contributed by atoms with van der Waals surface area (Å²) in [5.41, 5.74) is -7.38. The average molecular weight is 503 g/mol. The summed E-state index contributed by atoms with van der Waals surface area (Å²) in [4.78, 5) is 27.5. The van der Waals surface area contributed by atoms with Crippen molar-refractivity contribution in [2.24, 2.45) is 28.1 Å². The molecule has 1 heterocycles. The second-order valence-electron chi connectivity index (χ2n) is 12.3. The highest BCUT2D eigenvalue weighted by atomic mass is 16.6. The van der Waals surface area contributed by atoms with Crippen molar-refractivity contribution < 1.29 is 44.6 Å². The van der Waals surface area contributed by atoms with Crippen LogP contribution in [0.4, 0.5) is 0 Å². The smallest absolute Gasteiger partial charge is 0.338 e. The quantitative estimate of drug-likeness (QED) is 0.357. The zero-order valence-electron chi connectivity index (χ0n) is 20.6. The third kappa shape index (κ3) is 2.52. The Kier molecular flexibility index (Phi) is 4.86. The second kappa shape index (κ2) is 7.15. The van der Waals surface area contributed by atoms with Gasteiger partial charge in [0, 0.05) is 29.6 Å². The summed E-state index contributed by atoms with van der Waals surface area (Å²) in [5.74, 6) is -3.25. The van der Waals surface area contributed by atoms with E-state index in [1.165, 1.54) is 6.92 Å². The van der Waals surface area contributed by atoms with Crippen LogP contribution < -0.4 is 0 Å². The molecule has 4 saturated carbocycles. The Morgan fingerprint density at radius 3 is 2.39 bits per heavy atom.